The van der Waals surface area contributed by atoms with Gasteiger partial charge in [0.15, 0.2) is 9.84 Å². The largest absolute Gasteiger partial charge is 0.496 e. The third kappa shape index (κ3) is 3.63. The van der Waals surface area contributed by atoms with Crippen LogP contribution in [0.5, 0.6) is 5.75 Å². The second kappa shape index (κ2) is 6.01. The molecule has 7 heteroatoms. The van der Waals surface area contributed by atoms with Crippen molar-refractivity contribution >= 4 is 21.3 Å². The summed E-state index contributed by atoms with van der Waals surface area (Å²) in [7, 11) is -1.78. The smallest absolute Gasteiger partial charge is 0.179 e. The third-order valence-corrected chi connectivity index (χ3v) is 4.05. The van der Waals surface area contributed by atoms with Crippen LogP contribution in [-0.2, 0) is 16.4 Å². The van der Waals surface area contributed by atoms with Crippen molar-refractivity contribution in [2.45, 2.75) is 11.4 Å². The van der Waals surface area contributed by atoms with Crippen LogP contribution in [0.15, 0.2) is 41.4 Å². The summed E-state index contributed by atoms with van der Waals surface area (Å²) in [5.41, 5.74) is 7.19. The molecule has 0 aliphatic carbocycles. The first kappa shape index (κ1) is 15.1. The first-order valence-electron chi connectivity index (χ1n) is 6.23. The Morgan fingerprint density at radius 1 is 1.33 bits per heavy atom. The highest BCUT2D eigenvalue weighted by Gasteiger charge is 2.14. The molecule has 3 N–H and O–H groups in total. The molecule has 6 nitrogen and oxygen atoms in total. The fourth-order valence-electron chi connectivity index (χ4n) is 1.94. The van der Waals surface area contributed by atoms with Gasteiger partial charge < -0.3 is 15.8 Å². The first-order valence-corrected chi connectivity index (χ1v) is 8.12. The summed E-state index contributed by atoms with van der Waals surface area (Å²) in [5, 5.41) is 3.01. The van der Waals surface area contributed by atoms with Crippen LogP contribution in [0.2, 0.25) is 0 Å². The summed E-state index contributed by atoms with van der Waals surface area (Å²) in [5.74, 6) is 0.984. The van der Waals surface area contributed by atoms with Crippen LogP contribution >= 0.6 is 0 Å². The monoisotopic (exact) mass is 307 g/mol. The number of nitrogen functional groups attached to an aromatic ring is 1. The number of rotatable bonds is 5. The quantitative estimate of drug-likeness (QED) is 0.816. The lowest BCUT2D eigenvalue weighted by molar-refractivity contribution is 0.410. The number of nitrogens with two attached hydrogens (primary N) is 1. The van der Waals surface area contributed by atoms with Crippen molar-refractivity contribution in [1.82, 2.24) is 4.98 Å². The molecule has 0 spiro atoms. The van der Waals surface area contributed by atoms with Gasteiger partial charge in [0.2, 0.25) is 0 Å². The van der Waals surface area contributed by atoms with Gasteiger partial charge in [-0.15, -0.1) is 0 Å². The van der Waals surface area contributed by atoms with Crippen molar-refractivity contribution in [3.05, 3.63) is 42.1 Å². The molecule has 2 aromatic rings. The van der Waals surface area contributed by atoms with E-state index in [1.165, 1.54) is 12.3 Å². The second-order valence-corrected chi connectivity index (χ2v) is 6.53. The Kier molecular flexibility index (Phi) is 4.32. The van der Waals surface area contributed by atoms with E-state index in [9.17, 15) is 8.42 Å². The molecule has 112 valence electrons. The van der Waals surface area contributed by atoms with Gasteiger partial charge in [0.25, 0.3) is 0 Å². The topological polar surface area (TPSA) is 94.3 Å². The minimum absolute atomic E-state index is 0.160. The molecule has 21 heavy (non-hydrogen) atoms. The van der Waals surface area contributed by atoms with E-state index < -0.39 is 9.84 Å². The minimum atomic E-state index is -3.34. The Labute approximate surface area is 123 Å². The summed E-state index contributed by atoms with van der Waals surface area (Å²) in [4.78, 5) is 4.24. The lowest BCUT2D eigenvalue weighted by Crippen LogP contribution is -2.08. The molecule has 0 saturated carbocycles. The normalized spacial score (nSPS) is 11.1. The molecule has 0 aliphatic heterocycles. The van der Waals surface area contributed by atoms with Gasteiger partial charge in [0.1, 0.15) is 16.5 Å². The van der Waals surface area contributed by atoms with E-state index in [2.05, 4.69) is 10.3 Å². The van der Waals surface area contributed by atoms with Gasteiger partial charge in [-0.25, -0.2) is 13.4 Å². The predicted molar refractivity (Wildman–Crippen MR) is 82.1 cm³/mol. The molecule has 0 amide bonds. The SMILES string of the molecule is COc1ccc(N)cc1CNc1ncccc1S(C)(=O)=O. The molecule has 0 saturated heterocycles. The van der Waals surface area contributed by atoms with E-state index in [4.69, 9.17) is 10.5 Å². The summed E-state index contributed by atoms with van der Waals surface area (Å²) >= 11 is 0. The molecular weight excluding hydrogens is 290 g/mol. The maximum atomic E-state index is 11.7. The van der Waals surface area contributed by atoms with Crippen LogP contribution in [-0.4, -0.2) is 26.8 Å². The summed E-state index contributed by atoms with van der Waals surface area (Å²) in [6, 6.07) is 8.38. The van der Waals surface area contributed by atoms with Crippen molar-refractivity contribution in [2.75, 3.05) is 24.4 Å². The lowest BCUT2D eigenvalue weighted by atomic mass is 10.2. The summed E-state index contributed by atoms with van der Waals surface area (Å²) in [6.07, 6.45) is 2.68. The average molecular weight is 307 g/mol. The molecule has 0 fully saturated rings. The number of nitrogens with one attached hydrogen (secondary N) is 1. The third-order valence-electron chi connectivity index (χ3n) is 2.92. The Balaban J connectivity index is 2.27. The van der Waals surface area contributed by atoms with Crippen molar-refractivity contribution in [3.8, 4) is 5.75 Å². The van der Waals surface area contributed by atoms with Crippen molar-refractivity contribution in [1.29, 1.82) is 0 Å². The molecular formula is C14H17N3O3S. The highest BCUT2D eigenvalue weighted by atomic mass is 32.2. The van der Waals surface area contributed by atoms with Gasteiger partial charge in [0.05, 0.1) is 7.11 Å². The van der Waals surface area contributed by atoms with Gasteiger partial charge in [-0.3, -0.25) is 0 Å². The van der Waals surface area contributed by atoms with Crippen LogP contribution in [0.3, 0.4) is 0 Å². The van der Waals surface area contributed by atoms with Crippen LogP contribution in [0.1, 0.15) is 5.56 Å². The van der Waals surface area contributed by atoms with Crippen LogP contribution in [0.4, 0.5) is 11.5 Å². The van der Waals surface area contributed by atoms with Gasteiger partial charge in [0, 0.05) is 30.2 Å². The molecule has 0 unspecified atom stereocenters. The number of anilines is 2. The van der Waals surface area contributed by atoms with E-state index in [0.29, 0.717) is 23.8 Å². The van der Waals surface area contributed by atoms with E-state index in [0.717, 1.165) is 11.8 Å². The Bertz CT molecular complexity index is 745. The number of nitrogens with zero attached hydrogens (tertiary/aromatic N) is 1. The zero-order chi connectivity index (χ0) is 15.5. The maximum absolute atomic E-state index is 11.7. The number of hydrogen-bond acceptors (Lipinski definition) is 6. The number of ether oxygens (including phenoxy) is 1. The van der Waals surface area contributed by atoms with E-state index in [1.807, 2.05) is 0 Å². The lowest BCUT2D eigenvalue weighted by Gasteiger charge is -2.12. The zero-order valence-corrected chi connectivity index (χ0v) is 12.6. The highest BCUT2D eigenvalue weighted by molar-refractivity contribution is 7.90. The minimum Gasteiger partial charge on any atom is -0.496 e. The van der Waals surface area contributed by atoms with Crippen LogP contribution < -0.4 is 15.8 Å². The molecule has 0 atom stereocenters. The maximum Gasteiger partial charge on any atom is 0.179 e. The molecule has 0 bridgehead atoms. The van der Waals surface area contributed by atoms with Crippen LogP contribution in [0.25, 0.3) is 0 Å². The van der Waals surface area contributed by atoms with E-state index >= 15 is 0 Å². The van der Waals surface area contributed by atoms with Crippen molar-refractivity contribution < 1.29 is 13.2 Å². The Hall–Kier alpha value is -2.28. The summed E-state index contributed by atoms with van der Waals surface area (Å²) < 4.78 is 28.7. The summed E-state index contributed by atoms with van der Waals surface area (Å²) in [6.45, 7) is 0.355. The van der Waals surface area contributed by atoms with E-state index in [1.54, 1.807) is 31.4 Å². The Morgan fingerprint density at radius 3 is 2.76 bits per heavy atom. The highest BCUT2D eigenvalue weighted by Crippen LogP contribution is 2.24. The number of benzene rings is 1. The standard InChI is InChI=1S/C14H17N3O3S/c1-20-12-6-5-11(15)8-10(12)9-17-14-13(21(2,18)19)4-3-7-16-14/h3-8H,9,15H2,1-2H3,(H,16,17). The second-order valence-electron chi connectivity index (χ2n) is 4.55. The van der Waals surface area contributed by atoms with Gasteiger partial charge >= 0.3 is 0 Å². The van der Waals surface area contributed by atoms with E-state index in [-0.39, 0.29) is 4.90 Å². The fraction of sp³-hybridized carbons (Fsp3) is 0.214. The van der Waals surface area contributed by atoms with Crippen molar-refractivity contribution in [2.24, 2.45) is 0 Å². The van der Waals surface area contributed by atoms with Crippen molar-refractivity contribution in [3.63, 3.8) is 0 Å². The molecule has 0 aliphatic rings. The zero-order valence-electron chi connectivity index (χ0n) is 11.8. The molecule has 1 aromatic heterocycles. The molecule has 1 heterocycles. The fourth-order valence-corrected chi connectivity index (χ4v) is 2.74. The number of pyridine rings is 1. The average Bonchev–Trinajstić information content (AvgIpc) is 2.44. The van der Waals surface area contributed by atoms with Gasteiger partial charge in [-0.1, -0.05) is 0 Å². The number of methoxy groups -OCH3 is 1. The van der Waals surface area contributed by atoms with Crippen LogP contribution in [0, 0.1) is 0 Å². The molecule has 1 aromatic carbocycles. The molecule has 2 rings (SSSR count). The van der Waals surface area contributed by atoms with Gasteiger partial charge in [-0.05, 0) is 30.3 Å². The first-order chi connectivity index (χ1) is 9.91. The predicted octanol–water partition coefficient (Wildman–Crippen LogP) is 1.69. The molecule has 0 radical (unpaired) electrons. The Morgan fingerprint density at radius 2 is 2.10 bits per heavy atom. The number of hydrogen-bond donors (Lipinski definition) is 2. The number of sulfone groups is 1. The number of aromatic nitrogens is 1. The van der Waals surface area contributed by atoms with Gasteiger partial charge in [-0.2, -0.15) is 0 Å².